The molecule has 1 unspecified atom stereocenters. The zero-order chi connectivity index (χ0) is 21.2. The molecular formula is C25H33N3O3. The van der Waals surface area contributed by atoms with Crippen LogP contribution in [0, 0.1) is 12.8 Å². The molecule has 5 rings (SSSR count). The van der Waals surface area contributed by atoms with Crippen molar-refractivity contribution in [2.24, 2.45) is 5.92 Å². The van der Waals surface area contributed by atoms with Crippen molar-refractivity contribution in [3.05, 3.63) is 53.2 Å². The van der Waals surface area contributed by atoms with Gasteiger partial charge in [-0.05, 0) is 75.6 Å². The van der Waals surface area contributed by atoms with E-state index in [1.165, 1.54) is 30.4 Å². The second-order valence-electron chi connectivity index (χ2n) is 9.42. The molecule has 2 fully saturated rings. The number of amides is 1. The Hall–Kier alpha value is -2.18. The number of nitrogens with zero attached hydrogens (tertiary/aromatic N) is 3. The van der Waals surface area contributed by atoms with Crippen molar-refractivity contribution in [2.45, 2.75) is 57.6 Å². The number of fused-ring (bicyclic) bond motifs is 1. The van der Waals surface area contributed by atoms with E-state index in [0.29, 0.717) is 30.0 Å². The molecule has 166 valence electrons. The normalized spacial score (nSPS) is 22.7. The van der Waals surface area contributed by atoms with Crippen LogP contribution in [0.5, 0.6) is 0 Å². The summed E-state index contributed by atoms with van der Waals surface area (Å²) in [7, 11) is 0. The number of oxazole rings is 1. The van der Waals surface area contributed by atoms with Crippen LogP contribution in [0.15, 0.2) is 35.1 Å². The van der Waals surface area contributed by atoms with Gasteiger partial charge in [-0.25, -0.2) is 4.98 Å². The van der Waals surface area contributed by atoms with Gasteiger partial charge in [0.05, 0.1) is 11.8 Å². The number of hydrogen-bond donors (Lipinski definition) is 0. The van der Waals surface area contributed by atoms with Crippen LogP contribution in [-0.2, 0) is 17.6 Å². The number of likely N-dealkylation sites (tertiary alicyclic amines) is 1. The van der Waals surface area contributed by atoms with Gasteiger partial charge < -0.3 is 14.1 Å². The Morgan fingerprint density at radius 3 is 2.48 bits per heavy atom. The Bertz CT molecular complexity index is 872. The number of rotatable bonds is 6. The smallest absolute Gasteiger partial charge is 0.291 e. The van der Waals surface area contributed by atoms with Gasteiger partial charge in [0, 0.05) is 25.7 Å². The Kier molecular flexibility index (Phi) is 6.10. The van der Waals surface area contributed by atoms with Crippen LogP contribution in [0.25, 0.3) is 0 Å². The molecule has 6 nitrogen and oxygen atoms in total. The van der Waals surface area contributed by atoms with Crippen LogP contribution in [0.2, 0.25) is 0 Å². The summed E-state index contributed by atoms with van der Waals surface area (Å²) in [6.45, 7) is 6.29. The lowest BCUT2D eigenvalue weighted by Gasteiger charge is -2.38. The Morgan fingerprint density at radius 2 is 1.87 bits per heavy atom. The molecule has 2 aliphatic heterocycles. The Balaban J connectivity index is 1.19. The molecule has 0 N–H and O–H groups in total. The lowest BCUT2D eigenvalue weighted by molar-refractivity contribution is 0.0408. The first kappa shape index (κ1) is 20.7. The molecule has 1 aromatic heterocycles. The summed E-state index contributed by atoms with van der Waals surface area (Å²) in [4.78, 5) is 22.0. The number of carbonyl (C=O) groups is 1. The van der Waals surface area contributed by atoms with Gasteiger partial charge in [-0.3, -0.25) is 9.69 Å². The summed E-state index contributed by atoms with van der Waals surface area (Å²) in [5.41, 5.74) is 3.70. The fourth-order valence-corrected chi connectivity index (χ4v) is 5.53. The minimum atomic E-state index is -0.0424. The van der Waals surface area contributed by atoms with Crippen LogP contribution < -0.4 is 0 Å². The van der Waals surface area contributed by atoms with Gasteiger partial charge in [-0.2, -0.15) is 0 Å². The molecule has 2 aromatic rings. The molecule has 1 atom stereocenters. The number of carbonyl (C=O) groups excluding carboxylic acids is 1. The molecule has 31 heavy (non-hydrogen) atoms. The molecule has 0 bridgehead atoms. The highest BCUT2D eigenvalue weighted by molar-refractivity contribution is 5.92. The van der Waals surface area contributed by atoms with Gasteiger partial charge in [0.2, 0.25) is 5.76 Å². The van der Waals surface area contributed by atoms with Crippen LogP contribution in [0.4, 0.5) is 0 Å². The number of aromatic nitrogens is 1. The minimum Gasteiger partial charge on any atom is -0.438 e. The fourth-order valence-electron chi connectivity index (χ4n) is 5.53. The summed E-state index contributed by atoms with van der Waals surface area (Å²) in [5, 5.41) is 0. The van der Waals surface area contributed by atoms with Crippen LogP contribution in [-0.4, -0.2) is 65.6 Å². The van der Waals surface area contributed by atoms with E-state index in [2.05, 4.69) is 34.1 Å². The highest BCUT2D eigenvalue weighted by Gasteiger charge is 2.33. The second kappa shape index (κ2) is 9.13. The van der Waals surface area contributed by atoms with Gasteiger partial charge in [0.25, 0.3) is 5.91 Å². The maximum Gasteiger partial charge on any atom is 0.291 e. The van der Waals surface area contributed by atoms with Crippen molar-refractivity contribution in [3.8, 4) is 0 Å². The quantitative estimate of drug-likeness (QED) is 0.712. The van der Waals surface area contributed by atoms with Crippen LogP contribution >= 0.6 is 0 Å². The molecule has 0 saturated carbocycles. The maximum atomic E-state index is 13.2. The van der Waals surface area contributed by atoms with Crippen molar-refractivity contribution >= 4 is 5.91 Å². The Labute approximate surface area is 184 Å². The van der Waals surface area contributed by atoms with E-state index >= 15 is 0 Å². The first-order chi connectivity index (χ1) is 15.2. The van der Waals surface area contributed by atoms with Crippen LogP contribution in [0.3, 0.4) is 0 Å². The highest BCUT2D eigenvalue weighted by Crippen LogP contribution is 2.29. The van der Waals surface area contributed by atoms with Crippen molar-refractivity contribution in [1.29, 1.82) is 0 Å². The number of ether oxygens (including phenoxy) is 1. The maximum absolute atomic E-state index is 13.2. The molecule has 0 spiro atoms. The van der Waals surface area contributed by atoms with Crippen LogP contribution in [0.1, 0.15) is 53.1 Å². The predicted octanol–water partition coefficient (Wildman–Crippen LogP) is 3.48. The van der Waals surface area contributed by atoms with Gasteiger partial charge in [-0.1, -0.05) is 24.3 Å². The summed E-state index contributed by atoms with van der Waals surface area (Å²) in [6.07, 6.45) is 8.24. The SMILES string of the molecule is Cc1ncoc1C(=O)N(CC1CCN(C2Cc3ccccc3C2)CC1)CC1CCCO1. The number of hydrogen-bond acceptors (Lipinski definition) is 5. The third-order valence-corrected chi connectivity index (χ3v) is 7.35. The predicted molar refractivity (Wildman–Crippen MR) is 118 cm³/mol. The Morgan fingerprint density at radius 1 is 1.13 bits per heavy atom. The van der Waals surface area contributed by atoms with Crippen molar-refractivity contribution in [1.82, 2.24) is 14.8 Å². The summed E-state index contributed by atoms with van der Waals surface area (Å²) in [5.74, 6) is 0.854. The van der Waals surface area contributed by atoms with Crippen molar-refractivity contribution in [2.75, 3.05) is 32.8 Å². The summed E-state index contributed by atoms with van der Waals surface area (Å²) in [6, 6.07) is 9.51. The van der Waals surface area contributed by atoms with Gasteiger partial charge in [0.15, 0.2) is 6.39 Å². The van der Waals surface area contributed by atoms with Gasteiger partial charge >= 0.3 is 0 Å². The number of benzene rings is 1. The van der Waals surface area contributed by atoms with Gasteiger partial charge in [0.1, 0.15) is 0 Å². The average Bonchev–Trinajstić information content (AvgIpc) is 3.54. The molecule has 1 aliphatic carbocycles. The number of aryl methyl sites for hydroxylation is 1. The molecule has 3 aliphatic rings. The third-order valence-electron chi connectivity index (χ3n) is 7.35. The first-order valence-corrected chi connectivity index (χ1v) is 11.8. The van der Waals surface area contributed by atoms with E-state index < -0.39 is 0 Å². The molecule has 2 saturated heterocycles. The van der Waals surface area contributed by atoms with E-state index in [9.17, 15) is 4.79 Å². The van der Waals surface area contributed by atoms with E-state index in [-0.39, 0.29) is 12.0 Å². The molecule has 0 radical (unpaired) electrons. The highest BCUT2D eigenvalue weighted by atomic mass is 16.5. The van der Waals surface area contributed by atoms with Crippen molar-refractivity contribution in [3.63, 3.8) is 0 Å². The molecular weight excluding hydrogens is 390 g/mol. The second-order valence-corrected chi connectivity index (χ2v) is 9.42. The van der Waals surface area contributed by atoms with E-state index in [0.717, 1.165) is 51.9 Å². The molecule has 6 heteroatoms. The van der Waals surface area contributed by atoms with E-state index in [1.54, 1.807) is 0 Å². The average molecular weight is 424 g/mol. The summed E-state index contributed by atoms with van der Waals surface area (Å²) >= 11 is 0. The van der Waals surface area contributed by atoms with Gasteiger partial charge in [-0.15, -0.1) is 0 Å². The zero-order valence-electron chi connectivity index (χ0n) is 18.5. The topological polar surface area (TPSA) is 58.8 Å². The molecule has 3 heterocycles. The largest absolute Gasteiger partial charge is 0.438 e. The lowest BCUT2D eigenvalue weighted by Crippen LogP contribution is -2.46. The minimum absolute atomic E-state index is 0.0424. The zero-order valence-corrected chi connectivity index (χ0v) is 18.5. The standard InChI is InChI=1S/C25H33N3O3/c1-18-24(31-17-26-18)25(29)28(16-23-7-4-12-30-23)15-19-8-10-27(11-9-19)22-13-20-5-2-3-6-21(20)14-22/h2-3,5-6,17,19,22-23H,4,7-16H2,1H3. The third kappa shape index (κ3) is 4.55. The number of piperidine rings is 1. The molecule has 1 amide bonds. The lowest BCUT2D eigenvalue weighted by atomic mass is 9.94. The molecule has 1 aromatic carbocycles. The monoisotopic (exact) mass is 423 g/mol. The first-order valence-electron chi connectivity index (χ1n) is 11.8. The summed E-state index contributed by atoms with van der Waals surface area (Å²) < 4.78 is 11.3. The van der Waals surface area contributed by atoms with Crippen molar-refractivity contribution < 1.29 is 13.9 Å². The van der Waals surface area contributed by atoms with E-state index in [1.807, 2.05) is 11.8 Å². The van der Waals surface area contributed by atoms with E-state index in [4.69, 9.17) is 9.15 Å². The fraction of sp³-hybridized carbons (Fsp3) is 0.600.